The summed E-state index contributed by atoms with van der Waals surface area (Å²) in [4.78, 5) is 39.5. The van der Waals surface area contributed by atoms with E-state index in [1.165, 1.54) is 19.1 Å². The van der Waals surface area contributed by atoms with Crippen molar-refractivity contribution in [1.82, 2.24) is 4.90 Å². The number of anilines is 1. The van der Waals surface area contributed by atoms with E-state index in [9.17, 15) is 14.4 Å². The van der Waals surface area contributed by atoms with Crippen LogP contribution in [0.1, 0.15) is 35.0 Å². The summed E-state index contributed by atoms with van der Waals surface area (Å²) in [6, 6.07) is 9.28. The van der Waals surface area contributed by atoms with Gasteiger partial charge in [-0.1, -0.05) is 23.7 Å². The minimum Gasteiger partial charge on any atom is -0.493 e. The zero-order valence-corrected chi connectivity index (χ0v) is 17.1. The van der Waals surface area contributed by atoms with Crippen molar-refractivity contribution in [2.45, 2.75) is 25.1 Å². The van der Waals surface area contributed by atoms with Crippen molar-refractivity contribution in [2.75, 3.05) is 19.5 Å². The number of halogens is 1. The molecule has 2 aliphatic rings. The first-order chi connectivity index (χ1) is 14.5. The monoisotopic (exact) mass is 430 g/mol. The van der Waals surface area contributed by atoms with Crippen LogP contribution in [0.25, 0.3) is 0 Å². The Hall–Kier alpha value is -3.26. The maximum Gasteiger partial charge on any atom is 0.344 e. The molecule has 0 radical (unpaired) electrons. The smallest absolute Gasteiger partial charge is 0.344 e. The molecule has 2 heterocycles. The number of cyclic esters (lactones) is 1. The SMILES string of the molecule is COc1ccc2c(c1OC)C(=O)O[C@H]2N1C(=O)CC[C@H]1C(=O)Nc1ccccc1Cl. The highest BCUT2D eigenvalue weighted by Gasteiger charge is 2.47. The van der Waals surface area contributed by atoms with Gasteiger partial charge in [0.05, 0.1) is 24.9 Å². The van der Waals surface area contributed by atoms with Crippen LogP contribution in [0.3, 0.4) is 0 Å². The Morgan fingerprint density at radius 3 is 2.63 bits per heavy atom. The number of likely N-dealkylation sites (tertiary alicyclic amines) is 1. The van der Waals surface area contributed by atoms with Gasteiger partial charge in [0.15, 0.2) is 11.5 Å². The number of nitrogens with zero attached hydrogens (tertiary/aromatic N) is 1. The minimum absolute atomic E-state index is 0.164. The third-order valence-electron chi connectivity index (χ3n) is 5.21. The molecule has 2 aromatic carbocycles. The van der Waals surface area contributed by atoms with Crippen LogP contribution < -0.4 is 14.8 Å². The van der Waals surface area contributed by atoms with Crippen LogP contribution in [-0.2, 0) is 14.3 Å². The summed E-state index contributed by atoms with van der Waals surface area (Å²) in [7, 11) is 2.88. The number of amides is 2. The first-order valence-electron chi connectivity index (χ1n) is 9.28. The van der Waals surface area contributed by atoms with Crippen LogP contribution in [0.5, 0.6) is 11.5 Å². The molecule has 1 fully saturated rings. The molecule has 0 spiro atoms. The number of methoxy groups -OCH3 is 2. The predicted octanol–water partition coefficient (Wildman–Crippen LogP) is 3.16. The Kier molecular flexibility index (Phi) is 5.26. The second-order valence-corrected chi connectivity index (χ2v) is 7.25. The molecule has 2 amide bonds. The van der Waals surface area contributed by atoms with Crippen molar-refractivity contribution < 1.29 is 28.6 Å². The summed E-state index contributed by atoms with van der Waals surface area (Å²) in [5.74, 6) is -0.731. The van der Waals surface area contributed by atoms with Crippen molar-refractivity contribution in [3.63, 3.8) is 0 Å². The van der Waals surface area contributed by atoms with E-state index >= 15 is 0 Å². The molecule has 0 aliphatic carbocycles. The average molecular weight is 431 g/mol. The van der Waals surface area contributed by atoms with Crippen molar-refractivity contribution >= 4 is 35.1 Å². The number of para-hydroxylation sites is 1. The van der Waals surface area contributed by atoms with Crippen molar-refractivity contribution in [2.24, 2.45) is 0 Å². The lowest BCUT2D eigenvalue weighted by atomic mass is 10.1. The normalized spacial score (nSPS) is 20.0. The number of rotatable bonds is 5. The summed E-state index contributed by atoms with van der Waals surface area (Å²) in [6.07, 6.45) is -0.562. The van der Waals surface area contributed by atoms with Crippen LogP contribution in [0.2, 0.25) is 5.02 Å². The van der Waals surface area contributed by atoms with Crippen LogP contribution in [0, 0.1) is 0 Å². The lowest BCUT2D eigenvalue weighted by molar-refractivity contribution is -0.144. The van der Waals surface area contributed by atoms with Gasteiger partial charge in [-0.15, -0.1) is 0 Å². The Balaban J connectivity index is 1.67. The fourth-order valence-corrected chi connectivity index (χ4v) is 4.00. The van der Waals surface area contributed by atoms with Crippen LogP contribution in [0.4, 0.5) is 5.69 Å². The number of esters is 1. The topological polar surface area (TPSA) is 94.2 Å². The van der Waals surface area contributed by atoms with E-state index in [1.54, 1.807) is 36.4 Å². The van der Waals surface area contributed by atoms with E-state index in [0.717, 1.165) is 0 Å². The molecule has 9 heteroatoms. The molecule has 8 nitrogen and oxygen atoms in total. The number of fused-ring (bicyclic) bond motifs is 1. The maximum absolute atomic E-state index is 12.9. The highest BCUT2D eigenvalue weighted by atomic mass is 35.5. The molecule has 156 valence electrons. The molecule has 0 saturated carbocycles. The van der Waals surface area contributed by atoms with E-state index in [4.69, 9.17) is 25.8 Å². The summed E-state index contributed by atoms with van der Waals surface area (Å²) in [5, 5.41) is 3.14. The number of carbonyl (C=O) groups excluding carboxylic acids is 3. The fraction of sp³-hybridized carbons (Fsp3) is 0.286. The summed E-state index contributed by atoms with van der Waals surface area (Å²) < 4.78 is 16.1. The molecular formula is C21H19ClN2O6. The van der Waals surface area contributed by atoms with Crippen LogP contribution >= 0.6 is 11.6 Å². The van der Waals surface area contributed by atoms with Gasteiger partial charge in [0.1, 0.15) is 11.6 Å². The van der Waals surface area contributed by atoms with Gasteiger partial charge in [-0.05, 0) is 30.7 Å². The van der Waals surface area contributed by atoms with Crippen molar-refractivity contribution in [3.05, 3.63) is 52.5 Å². The first-order valence-corrected chi connectivity index (χ1v) is 9.66. The molecule has 1 N–H and O–H groups in total. The number of hydrogen-bond donors (Lipinski definition) is 1. The highest BCUT2D eigenvalue weighted by Crippen LogP contribution is 2.45. The standard InChI is InChI=1S/C21H19ClN2O6/c1-28-15-9-7-11-17(18(15)29-2)21(27)30-20(11)24-14(8-10-16(24)25)19(26)23-13-6-4-3-5-12(13)22/h3-7,9,14,20H,8,10H2,1-2H3,(H,23,26)/t14-,20+/m0/s1. The average Bonchev–Trinajstić information content (AvgIpc) is 3.28. The van der Waals surface area contributed by atoms with Crippen molar-refractivity contribution in [3.8, 4) is 11.5 Å². The molecule has 0 unspecified atom stereocenters. The molecule has 0 aromatic heterocycles. The van der Waals surface area contributed by atoms with E-state index < -0.39 is 24.1 Å². The van der Waals surface area contributed by atoms with Gasteiger partial charge < -0.3 is 19.5 Å². The number of carbonyl (C=O) groups is 3. The number of ether oxygens (including phenoxy) is 3. The summed E-state index contributed by atoms with van der Waals surface area (Å²) >= 11 is 6.12. The molecule has 2 aromatic rings. The molecule has 0 bridgehead atoms. The number of benzene rings is 2. The zero-order valence-electron chi connectivity index (χ0n) is 16.3. The summed E-state index contributed by atoms with van der Waals surface area (Å²) in [5.41, 5.74) is 1.08. The summed E-state index contributed by atoms with van der Waals surface area (Å²) in [6.45, 7) is 0. The highest BCUT2D eigenvalue weighted by molar-refractivity contribution is 6.33. The second-order valence-electron chi connectivity index (χ2n) is 6.85. The molecule has 4 rings (SSSR count). The van der Waals surface area contributed by atoms with Crippen LogP contribution in [-0.4, -0.2) is 42.9 Å². The second kappa shape index (κ2) is 7.87. The quantitative estimate of drug-likeness (QED) is 0.732. The lowest BCUT2D eigenvalue weighted by Gasteiger charge is -2.29. The first kappa shape index (κ1) is 20.0. The van der Waals surface area contributed by atoms with Crippen LogP contribution in [0.15, 0.2) is 36.4 Å². The van der Waals surface area contributed by atoms with Gasteiger partial charge in [-0.25, -0.2) is 4.79 Å². The Bertz CT molecular complexity index is 1040. The zero-order chi connectivity index (χ0) is 21.4. The third kappa shape index (κ3) is 3.23. The van der Waals surface area contributed by atoms with Crippen molar-refractivity contribution in [1.29, 1.82) is 0 Å². The van der Waals surface area contributed by atoms with Gasteiger partial charge in [0, 0.05) is 12.0 Å². The Morgan fingerprint density at radius 1 is 1.17 bits per heavy atom. The van der Waals surface area contributed by atoms with E-state index in [0.29, 0.717) is 28.4 Å². The predicted molar refractivity (Wildman–Crippen MR) is 108 cm³/mol. The Labute approximate surface area is 177 Å². The largest absolute Gasteiger partial charge is 0.493 e. The fourth-order valence-electron chi connectivity index (χ4n) is 3.82. The van der Waals surface area contributed by atoms with Gasteiger partial charge >= 0.3 is 5.97 Å². The number of hydrogen-bond acceptors (Lipinski definition) is 6. The van der Waals surface area contributed by atoms with Gasteiger partial charge in [0.25, 0.3) is 0 Å². The van der Waals surface area contributed by atoms with Gasteiger partial charge in [0.2, 0.25) is 18.0 Å². The molecular weight excluding hydrogens is 412 g/mol. The van der Waals surface area contributed by atoms with Gasteiger partial charge in [-0.3, -0.25) is 14.5 Å². The molecule has 2 aliphatic heterocycles. The molecule has 1 saturated heterocycles. The minimum atomic E-state index is -1.02. The van der Waals surface area contributed by atoms with Gasteiger partial charge in [-0.2, -0.15) is 0 Å². The van der Waals surface area contributed by atoms with E-state index in [2.05, 4.69) is 5.32 Å². The third-order valence-corrected chi connectivity index (χ3v) is 5.54. The van der Waals surface area contributed by atoms with E-state index in [-0.39, 0.29) is 23.6 Å². The molecule has 30 heavy (non-hydrogen) atoms. The number of nitrogens with one attached hydrogen (secondary N) is 1. The maximum atomic E-state index is 12.9. The lowest BCUT2D eigenvalue weighted by Crippen LogP contribution is -2.43. The Morgan fingerprint density at radius 2 is 1.93 bits per heavy atom. The molecule has 2 atom stereocenters. The van der Waals surface area contributed by atoms with E-state index in [1.807, 2.05) is 0 Å².